The third-order valence-corrected chi connectivity index (χ3v) is 4.06. The molecule has 7 heteroatoms. The maximum atomic E-state index is 12.4. The van der Waals surface area contributed by atoms with Crippen LogP contribution in [0.25, 0.3) is 0 Å². The molecule has 0 bridgehead atoms. The van der Waals surface area contributed by atoms with Crippen LogP contribution in [0.5, 0.6) is 0 Å². The summed E-state index contributed by atoms with van der Waals surface area (Å²) in [6.07, 6.45) is 0. The molecular weight excluding hydrogens is 388 g/mol. The maximum Gasteiger partial charge on any atom is 1.00 e. The van der Waals surface area contributed by atoms with Gasteiger partial charge in [0.05, 0.1) is 10.5 Å². The van der Waals surface area contributed by atoms with Gasteiger partial charge in [0.2, 0.25) is 0 Å². The molecule has 21 heavy (non-hydrogen) atoms. The first kappa shape index (κ1) is 15.8. The van der Waals surface area contributed by atoms with Gasteiger partial charge in [-0.3, -0.25) is 9.59 Å². The van der Waals surface area contributed by atoms with Gasteiger partial charge in [0.25, 0.3) is 0 Å². The molecule has 0 radical (unpaired) electrons. The molecule has 1 aliphatic rings. The largest absolute Gasteiger partial charge is 1.00 e. The second-order valence-electron chi connectivity index (χ2n) is 4.34. The summed E-state index contributed by atoms with van der Waals surface area (Å²) in [5.41, 5.74) is -0.0524. The van der Waals surface area contributed by atoms with Gasteiger partial charge in [0.15, 0.2) is 11.6 Å². The predicted molar refractivity (Wildman–Crippen MR) is 67.7 cm³/mol. The van der Waals surface area contributed by atoms with E-state index in [1.54, 1.807) is 12.1 Å². The van der Waals surface area contributed by atoms with Crippen molar-refractivity contribution >= 4 is 21.7 Å². The molecule has 0 spiro atoms. The van der Waals surface area contributed by atoms with Gasteiger partial charge in [0, 0.05) is 16.7 Å². The number of carbonyl (C=O) groups excluding carboxylic acids is 2. The van der Waals surface area contributed by atoms with Gasteiger partial charge in [-0.2, -0.15) is 0 Å². The topological polar surface area (TPSA) is 91.3 Å². The molecule has 0 saturated heterocycles. The van der Waals surface area contributed by atoms with E-state index < -0.39 is 26.6 Å². The van der Waals surface area contributed by atoms with E-state index >= 15 is 0 Å². The number of ketones is 2. The number of carbonyl (C=O) groups is 2. The van der Waals surface area contributed by atoms with Crippen LogP contribution in [0.3, 0.4) is 0 Å². The van der Waals surface area contributed by atoms with Crippen LogP contribution in [-0.2, 0) is 32.5 Å². The fourth-order valence-corrected chi connectivity index (χ4v) is 3.02. The third kappa shape index (κ3) is 2.41. The first-order chi connectivity index (χ1) is 9.41. The Hall–Kier alpha value is -1.57. The summed E-state index contributed by atoms with van der Waals surface area (Å²) >= 11 is 0. The van der Waals surface area contributed by atoms with Gasteiger partial charge < -0.3 is 4.55 Å². The Bertz CT molecular complexity index is 871. The molecule has 5 nitrogen and oxygen atoms in total. The van der Waals surface area contributed by atoms with Crippen molar-refractivity contribution in [2.24, 2.45) is 0 Å². The molecule has 1 aliphatic carbocycles. The number of hydrogen-bond acceptors (Lipinski definition) is 5. The molecule has 0 aromatic heterocycles. The van der Waals surface area contributed by atoms with E-state index in [1.807, 2.05) is 0 Å². The van der Waals surface area contributed by atoms with Gasteiger partial charge in [-0.25, -0.2) is 8.42 Å². The average Bonchev–Trinajstić information content (AvgIpc) is 2.43. The molecule has 0 N–H and O–H groups in total. The van der Waals surface area contributed by atoms with Crippen LogP contribution in [0.2, 0.25) is 0 Å². The fraction of sp³-hybridized carbons (Fsp3) is 0. The van der Waals surface area contributed by atoms with Crippen molar-refractivity contribution in [2.75, 3.05) is 0 Å². The normalized spacial score (nSPS) is 13.2. The summed E-state index contributed by atoms with van der Waals surface area (Å²) < 4.78 is 33.7. The van der Waals surface area contributed by atoms with Crippen molar-refractivity contribution < 1.29 is 44.9 Å². The predicted octanol–water partition coefficient (Wildman–Crippen LogP) is 1.36. The van der Waals surface area contributed by atoms with Gasteiger partial charge in [0.1, 0.15) is 10.1 Å². The van der Waals surface area contributed by atoms with E-state index in [4.69, 9.17) is 0 Å². The maximum absolute atomic E-state index is 12.4. The third-order valence-electron chi connectivity index (χ3n) is 3.18. The van der Waals surface area contributed by atoms with Crippen molar-refractivity contribution in [3.63, 3.8) is 0 Å². The summed E-state index contributed by atoms with van der Waals surface area (Å²) in [7, 11) is -4.83. The quantitative estimate of drug-likeness (QED) is 0.459. The molecule has 0 unspecified atom stereocenters. The molecule has 0 fully saturated rings. The minimum atomic E-state index is -4.83. The Labute approximate surface area is 136 Å². The van der Waals surface area contributed by atoms with Gasteiger partial charge in [-0.1, -0.05) is 36.4 Å². The zero-order valence-corrected chi connectivity index (χ0v) is 12.6. The molecule has 2 aromatic carbocycles. The summed E-state index contributed by atoms with van der Waals surface area (Å²) in [5.74, 6) is -1.08. The van der Waals surface area contributed by atoms with E-state index in [9.17, 15) is 22.6 Å². The summed E-state index contributed by atoms with van der Waals surface area (Å²) in [6, 6.07) is 9.79. The van der Waals surface area contributed by atoms with Crippen LogP contribution < -0.4 is 0 Å². The van der Waals surface area contributed by atoms with Crippen molar-refractivity contribution in [3.8, 4) is 0 Å². The molecule has 0 aliphatic heterocycles. The Balaban J connectivity index is 0.00000161. The Morgan fingerprint density at radius 1 is 0.762 bits per heavy atom. The van der Waals surface area contributed by atoms with E-state index in [1.165, 1.54) is 24.3 Å². The zero-order chi connectivity index (χ0) is 14.5. The Morgan fingerprint density at radius 2 is 1.29 bits per heavy atom. The smallest absolute Gasteiger partial charge is 0.744 e. The molecular formula is C14H7AgO5S. The molecule has 0 saturated carbocycles. The molecule has 0 atom stereocenters. The fourth-order valence-electron chi connectivity index (χ4n) is 2.32. The Morgan fingerprint density at radius 3 is 1.86 bits per heavy atom. The Kier molecular flexibility index (Phi) is 4.01. The number of rotatable bonds is 1. The van der Waals surface area contributed by atoms with E-state index in [-0.39, 0.29) is 44.6 Å². The monoisotopic (exact) mass is 394 g/mol. The van der Waals surface area contributed by atoms with Crippen LogP contribution in [0, 0.1) is 0 Å². The number of benzene rings is 2. The molecule has 0 amide bonds. The van der Waals surface area contributed by atoms with E-state index in [2.05, 4.69) is 0 Å². The molecule has 2 aromatic rings. The van der Waals surface area contributed by atoms with Crippen LogP contribution >= 0.6 is 0 Å². The van der Waals surface area contributed by atoms with Gasteiger partial charge in [-0.05, 0) is 6.07 Å². The standard InChI is InChI=1S/C14H8O5S.Ag/c15-13-8-4-1-2-5-9(8)14(16)12-10(13)6-3-7-11(12)20(17,18)19;/h1-7H,(H,17,18,19);/q;+1/p-1. The molecule has 3 rings (SSSR count). The molecule has 110 valence electrons. The second-order valence-corrected chi connectivity index (χ2v) is 5.68. The van der Waals surface area contributed by atoms with Crippen LogP contribution in [0.1, 0.15) is 31.8 Å². The van der Waals surface area contributed by atoms with Crippen molar-refractivity contribution in [2.45, 2.75) is 4.90 Å². The van der Waals surface area contributed by atoms with Crippen LogP contribution in [0.4, 0.5) is 0 Å². The minimum absolute atomic E-state index is 0. The van der Waals surface area contributed by atoms with Gasteiger partial charge in [-0.15, -0.1) is 0 Å². The van der Waals surface area contributed by atoms with Gasteiger partial charge >= 0.3 is 22.4 Å². The minimum Gasteiger partial charge on any atom is -0.744 e. The van der Waals surface area contributed by atoms with Crippen molar-refractivity contribution in [1.29, 1.82) is 0 Å². The summed E-state index contributed by atoms with van der Waals surface area (Å²) in [4.78, 5) is 24.0. The van der Waals surface area contributed by atoms with E-state index in [0.717, 1.165) is 6.07 Å². The summed E-state index contributed by atoms with van der Waals surface area (Å²) in [6.45, 7) is 0. The number of hydrogen-bond donors (Lipinski definition) is 0. The van der Waals surface area contributed by atoms with E-state index in [0.29, 0.717) is 0 Å². The van der Waals surface area contributed by atoms with Crippen molar-refractivity contribution in [3.05, 3.63) is 64.7 Å². The second kappa shape index (κ2) is 5.32. The SMILES string of the molecule is O=C1c2ccccc2C(=O)c2c1cccc2S(=O)(=O)[O-].[Ag+]. The first-order valence-electron chi connectivity index (χ1n) is 5.68. The first-order valence-corrected chi connectivity index (χ1v) is 7.09. The summed E-state index contributed by atoms with van der Waals surface area (Å²) in [5, 5.41) is 0. The zero-order valence-electron chi connectivity index (χ0n) is 10.3. The van der Waals surface area contributed by atoms with Crippen LogP contribution in [0.15, 0.2) is 47.4 Å². The average molecular weight is 395 g/mol. The molecule has 0 heterocycles. The van der Waals surface area contributed by atoms with Crippen LogP contribution in [-0.4, -0.2) is 24.5 Å². The van der Waals surface area contributed by atoms with Crippen molar-refractivity contribution in [1.82, 2.24) is 0 Å². The number of fused-ring (bicyclic) bond motifs is 2.